The quantitative estimate of drug-likeness (QED) is 0.793. The first-order chi connectivity index (χ1) is 7.18. The fourth-order valence-corrected chi connectivity index (χ4v) is 2.55. The molecule has 0 aliphatic heterocycles. The molecule has 90 valence electrons. The Morgan fingerprint density at radius 3 is 1.94 bits per heavy atom. The zero-order chi connectivity index (χ0) is 12.4. The van der Waals surface area contributed by atoms with Crippen LogP contribution in [-0.2, 0) is 24.1 Å². The maximum atomic E-state index is 11.1. The highest BCUT2D eigenvalue weighted by molar-refractivity contribution is 7.97. The zero-order valence-electron chi connectivity index (χ0n) is 8.58. The second kappa shape index (κ2) is 4.40. The average Bonchev–Trinajstić information content (AvgIpc) is 2.04. The van der Waals surface area contributed by atoms with Crippen molar-refractivity contribution in [2.24, 2.45) is 0 Å². The van der Waals surface area contributed by atoms with Crippen molar-refractivity contribution in [2.45, 2.75) is 6.92 Å². The van der Waals surface area contributed by atoms with E-state index in [1.807, 2.05) is 6.92 Å². The molecule has 1 aromatic carbocycles. The molecule has 0 fully saturated rings. The van der Waals surface area contributed by atoms with Gasteiger partial charge in [0.15, 0.2) is 0 Å². The van der Waals surface area contributed by atoms with Gasteiger partial charge in [-0.15, -0.1) is 3.63 Å². The molecule has 0 unspecified atom stereocenters. The van der Waals surface area contributed by atoms with Crippen molar-refractivity contribution in [3.05, 3.63) is 29.8 Å². The second-order valence-corrected chi connectivity index (χ2v) is 6.01. The Labute approximate surface area is 94.3 Å². The number of hydrogen-bond donors (Lipinski definition) is 0. The summed E-state index contributed by atoms with van der Waals surface area (Å²) >= 11 is 0. The van der Waals surface area contributed by atoms with Crippen molar-refractivity contribution in [3.8, 4) is 5.75 Å². The average molecular weight is 266 g/mol. The molecule has 8 heteroatoms. The van der Waals surface area contributed by atoms with Crippen molar-refractivity contribution in [3.63, 3.8) is 0 Å². The summed E-state index contributed by atoms with van der Waals surface area (Å²) in [6.45, 7) is 1.81. The maximum absolute atomic E-state index is 11.1. The molecule has 0 saturated carbocycles. The molecular formula is C8H10O6S2. The first-order valence-corrected chi connectivity index (χ1v) is 7.25. The Morgan fingerprint density at radius 1 is 1.00 bits per heavy atom. The lowest BCUT2D eigenvalue weighted by Crippen LogP contribution is -2.17. The predicted octanol–water partition coefficient (Wildman–Crippen LogP) is 0.595. The minimum absolute atomic E-state index is 0.0192. The summed E-state index contributed by atoms with van der Waals surface area (Å²) in [5.41, 5.74) is 0.911. The van der Waals surface area contributed by atoms with Crippen LogP contribution >= 0.6 is 0 Å². The normalized spacial score (nSPS) is 12.4. The largest absolute Gasteiger partial charge is 0.464 e. The van der Waals surface area contributed by atoms with E-state index in [0.29, 0.717) is 6.26 Å². The molecule has 0 radical (unpaired) electrons. The van der Waals surface area contributed by atoms with Crippen LogP contribution in [0.1, 0.15) is 5.56 Å². The summed E-state index contributed by atoms with van der Waals surface area (Å²) in [6.07, 6.45) is 0.614. The van der Waals surface area contributed by atoms with E-state index in [-0.39, 0.29) is 5.75 Å². The smallest absolute Gasteiger partial charge is 0.361 e. The molecule has 0 aliphatic rings. The number of rotatable bonds is 4. The van der Waals surface area contributed by atoms with E-state index in [9.17, 15) is 16.8 Å². The third-order valence-electron chi connectivity index (χ3n) is 1.43. The molecule has 16 heavy (non-hydrogen) atoms. The van der Waals surface area contributed by atoms with Gasteiger partial charge in [0.1, 0.15) is 5.75 Å². The van der Waals surface area contributed by atoms with Crippen molar-refractivity contribution >= 4 is 20.5 Å². The Balaban J connectivity index is 2.85. The van der Waals surface area contributed by atoms with E-state index in [1.165, 1.54) is 12.1 Å². The van der Waals surface area contributed by atoms with Crippen molar-refractivity contribution < 1.29 is 24.6 Å². The molecule has 0 N–H and O–H groups in total. The van der Waals surface area contributed by atoms with Crippen LogP contribution in [0.3, 0.4) is 0 Å². The molecule has 0 amide bonds. The third-order valence-corrected chi connectivity index (χ3v) is 3.48. The van der Waals surface area contributed by atoms with E-state index in [0.717, 1.165) is 5.56 Å². The van der Waals surface area contributed by atoms with Crippen LogP contribution in [0.25, 0.3) is 0 Å². The highest BCUT2D eigenvalue weighted by atomic mass is 32.3. The lowest BCUT2D eigenvalue weighted by Gasteiger charge is -2.04. The van der Waals surface area contributed by atoms with Crippen LogP contribution in [-0.4, -0.2) is 23.1 Å². The highest BCUT2D eigenvalue weighted by Crippen LogP contribution is 2.15. The standard InChI is InChI=1S/C8H10O6S2/c1-7-3-5-8(6-4-7)13-16(11,12)14-15(2,9)10/h3-6H,1-2H3. The fraction of sp³-hybridized carbons (Fsp3) is 0.250. The van der Waals surface area contributed by atoms with Gasteiger partial charge in [-0.1, -0.05) is 17.7 Å². The van der Waals surface area contributed by atoms with Gasteiger partial charge >= 0.3 is 10.4 Å². The molecule has 0 atom stereocenters. The molecule has 1 aromatic rings. The van der Waals surface area contributed by atoms with Crippen molar-refractivity contribution in [1.82, 2.24) is 0 Å². The van der Waals surface area contributed by atoms with Gasteiger partial charge in [-0.05, 0) is 19.1 Å². The van der Waals surface area contributed by atoms with Gasteiger partial charge < -0.3 is 4.18 Å². The Kier molecular flexibility index (Phi) is 3.56. The fourth-order valence-electron chi connectivity index (χ4n) is 0.877. The summed E-state index contributed by atoms with van der Waals surface area (Å²) in [6, 6.07) is 6.01. The molecule has 0 saturated heterocycles. The van der Waals surface area contributed by atoms with Gasteiger partial charge in [0, 0.05) is 0 Å². The lowest BCUT2D eigenvalue weighted by atomic mass is 10.2. The van der Waals surface area contributed by atoms with Crippen molar-refractivity contribution in [1.29, 1.82) is 0 Å². The first-order valence-electron chi connectivity index (χ1n) is 4.10. The van der Waals surface area contributed by atoms with Gasteiger partial charge in [0.05, 0.1) is 6.26 Å². The molecule has 0 heterocycles. The van der Waals surface area contributed by atoms with E-state index >= 15 is 0 Å². The second-order valence-electron chi connectivity index (χ2n) is 3.08. The van der Waals surface area contributed by atoms with E-state index in [1.54, 1.807) is 12.1 Å². The third kappa shape index (κ3) is 4.60. The first kappa shape index (κ1) is 12.9. The summed E-state index contributed by atoms with van der Waals surface area (Å²) in [5.74, 6) is -0.0192. The maximum Gasteiger partial charge on any atom is 0.464 e. The monoisotopic (exact) mass is 266 g/mol. The van der Waals surface area contributed by atoms with Crippen LogP contribution < -0.4 is 4.18 Å². The van der Waals surface area contributed by atoms with Crippen LogP contribution in [0.15, 0.2) is 24.3 Å². The molecular weight excluding hydrogens is 256 g/mol. The summed E-state index contributed by atoms with van der Waals surface area (Å²) in [5, 5.41) is 0. The van der Waals surface area contributed by atoms with Crippen LogP contribution in [0.2, 0.25) is 0 Å². The molecule has 6 nitrogen and oxygen atoms in total. The summed E-state index contributed by atoms with van der Waals surface area (Å²) in [4.78, 5) is 0. The SMILES string of the molecule is Cc1ccc(OS(=O)(=O)OS(C)(=O)=O)cc1. The van der Waals surface area contributed by atoms with Gasteiger partial charge in [-0.3, -0.25) is 0 Å². The van der Waals surface area contributed by atoms with E-state index in [2.05, 4.69) is 7.81 Å². The predicted molar refractivity (Wildman–Crippen MR) is 56.7 cm³/mol. The van der Waals surface area contributed by atoms with E-state index < -0.39 is 20.5 Å². The highest BCUT2D eigenvalue weighted by Gasteiger charge is 2.20. The Morgan fingerprint density at radius 2 is 1.50 bits per heavy atom. The van der Waals surface area contributed by atoms with E-state index in [4.69, 9.17) is 0 Å². The molecule has 1 rings (SSSR count). The number of benzene rings is 1. The van der Waals surface area contributed by atoms with Gasteiger partial charge in [0.2, 0.25) is 0 Å². The van der Waals surface area contributed by atoms with Crippen molar-refractivity contribution in [2.75, 3.05) is 6.26 Å². The van der Waals surface area contributed by atoms with Gasteiger partial charge in [-0.25, -0.2) is 0 Å². The zero-order valence-corrected chi connectivity index (χ0v) is 10.2. The Bertz CT molecular complexity index is 555. The summed E-state index contributed by atoms with van der Waals surface area (Å²) in [7, 11) is -8.72. The van der Waals surface area contributed by atoms with Gasteiger partial charge in [-0.2, -0.15) is 16.8 Å². The molecule has 0 aromatic heterocycles. The minimum atomic E-state index is -4.59. The minimum Gasteiger partial charge on any atom is -0.361 e. The number of hydrogen-bond acceptors (Lipinski definition) is 6. The van der Waals surface area contributed by atoms with Crippen LogP contribution in [0.5, 0.6) is 5.75 Å². The van der Waals surface area contributed by atoms with Crippen LogP contribution in [0.4, 0.5) is 0 Å². The lowest BCUT2D eigenvalue weighted by molar-refractivity contribution is 0.391. The molecule has 0 bridgehead atoms. The van der Waals surface area contributed by atoms with Crippen LogP contribution in [0, 0.1) is 6.92 Å². The Hall–Kier alpha value is -1.12. The summed E-state index contributed by atoms with van der Waals surface area (Å²) < 4.78 is 51.6. The van der Waals surface area contributed by atoms with Gasteiger partial charge in [0.25, 0.3) is 10.1 Å². The number of aryl methyl sites for hydroxylation is 1. The molecule has 0 aliphatic carbocycles. The molecule has 0 spiro atoms. The topological polar surface area (TPSA) is 86.7 Å².